The van der Waals surface area contributed by atoms with Gasteiger partial charge in [-0.25, -0.2) is 0 Å². The molecule has 2 N–H and O–H groups in total. The van der Waals surface area contributed by atoms with E-state index >= 15 is 0 Å². The van der Waals surface area contributed by atoms with Crippen LogP contribution >= 0.6 is 0 Å². The van der Waals surface area contributed by atoms with E-state index in [4.69, 9.17) is 14.7 Å². The van der Waals surface area contributed by atoms with E-state index in [9.17, 15) is 0 Å². The van der Waals surface area contributed by atoms with E-state index < -0.39 is 0 Å². The maximum absolute atomic E-state index is 5.29. The number of nitrogens with one attached hydrogen (secondary N) is 2. The minimum absolute atomic E-state index is 0.466. The average Bonchev–Trinajstić information content (AvgIpc) is 2.76. The van der Waals surface area contributed by atoms with Crippen molar-refractivity contribution in [2.24, 2.45) is 0 Å². The van der Waals surface area contributed by atoms with Crippen molar-refractivity contribution in [2.75, 3.05) is 36.2 Å². The largest absolute Gasteiger partial charge is 0.497 e. The van der Waals surface area contributed by atoms with Crippen molar-refractivity contribution in [3.63, 3.8) is 0 Å². The maximum atomic E-state index is 5.29. The lowest BCUT2D eigenvalue weighted by atomic mass is 9.96. The zero-order chi connectivity index (χ0) is 20.2. The Morgan fingerprint density at radius 1 is 1.14 bits per heavy atom. The molecule has 1 saturated carbocycles. The molecule has 1 aliphatic carbocycles. The predicted octanol–water partition coefficient (Wildman–Crippen LogP) is 4.70. The molecule has 2 aromatic rings. The fourth-order valence-electron chi connectivity index (χ4n) is 4.28. The Kier molecular flexibility index (Phi) is 5.88. The van der Waals surface area contributed by atoms with Gasteiger partial charge in [-0.1, -0.05) is 38.0 Å². The fourth-order valence-corrected chi connectivity index (χ4v) is 4.28. The maximum Gasteiger partial charge on any atom is 0.226 e. The summed E-state index contributed by atoms with van der Waals surface area (Å²) in [6, 6.07) is 8.71. The number of aromatic nitrogens is 2. The van der Waals surface area contributed by atoms with Crippen LogP contribution in [-0.2, 0) is 6.54 Å². The third kappa shape index (κ3) is 4.31. The summed E-state index contributed by atoms with van der Waals surface area (Å²) < 4.78 is 5.29. The quantitative estimate of drug-likeness (QED) is 0.742. The van der Waals surface area contributed by atoms with Crippen LogP contribution in [0.3, 0.4) is 0 Å². The first-order valence-electron chi connectivity index (χ1n) is 10.6. The first kappa shape index (κ1) is 19.6. The highest BCUT2D eigenvalue weighted by molar-refractivity contribution is 5.84. The summed E-state index contributed by atoms with van der Waals surface area (Å²) >= 11 is 0. The summed E-state index contributed by atoms with van der Waals surface area (Å²) in [7, 11) is 3.61. The Bertz CT molecular complexity index is 858. The second kappa shape index (κ2) is 8.72. The Hall–Kier alpha value is -2.76. The van der Waals surface area contributed by atoms with Gasteiger partial charge in [0, 0.05) is 26.2 Å². The van der Waals surface area contributed by atoms with Gasteiger partial charge in [-0.05, 0) is 42.5 Å². The number of anilines is 3. The van der Waals surface area contributed by atoms with E-state index in [1.54, 1.807) is 7.11 Å². The van der Waals surface area contributed by atoms with Crippen LogP contribution in [0.2, 0.25) is 0 Å². The van der Waals surface area contributed by atoms with Gasteiger partial charge in [0.1, 0.15) is 17.4 Å². The molecule has 1 aliphatic heterocycles. The van der Waals surface area contributed by atoms with Crippen LogP contribution in [0.15, 0.2) is 30.8 Å². The van der Waals surface area contributed by atoms with Crippen molar-refractivity contribution in [2.45, 2.75) is 51.1 Å². The Morgan fingerprint density at radius 3 is 2.59 bits per heavy atom. The van der Waals surface area contributed by atoms with Gasteiger partial charge in [0.15, 0.2) is 0 Å². The molecule has 154 valence electrons. The summed E-state index contributed by atoms with van der Waals surface area (Å²) in [6.07, 6.45) is 7.19. The van der Waals surface area contributed by atoms with Crippen molar-refractivity contribution >= 4 is 23.2 Å². The minimum Gasteiger partial charge on any atom is -0.497 e. The van der Waals surface area contributed by atoms with Gasteiger partial charge in [-0.3, -0.25) is 0 Å². The summed E-state index contributed by atoms with van der Waals surface area (Å²) in [6.45, 7) is 5.99. The predicted molar refractivity (Wildman–Crippen MR) is 120 cm³/mol. The van der Waals surface area contributed by atoms with Crippen LogP contribution in [0.4, 0.5) is 17.6 Å². The summed E-state index contributed by atoms with van der Waals surface area (Å²) in [5, 5.41) is 6.85. The van der Waals surface area contributed by atoms with Crippen molar-refractivity contribution < 1.29 is 4.74 Å². The minimum atomic E-state index is 0.466. The molecule has 6 nitrogen and oxygen atoms in total. The lowest BCUT2D eigenvalue weighted by Crippen LogP contribution is -2.31. The summed E-state index contributed by atoms with van der Waals surface area (Å²) in [4.78, 5) is 12.1. The fraction of sp³-hybridized carbons (Fsp3) is 0.478. The molecule has 0 spiro atoms. The number of fused-ring (bicyclic) bond motifs is 1. The first-order chi connectivity index (χ1) is 14.2. The third-order valence-electron chi connectivity index (χ3n) is 5.93. The van der Waals surface area contributed by atoms with Gasteiger partial charge in [-0.15, -0.1) is 0 Å². The Labute approximate surface area is 173 Å². The molecule has 1 aromatic carbocycles. The number of methoxy groups -OCH3 is 1. The number of nitrogens with zero attached hydrogens (tertiary/aromatic N) is 3. The molecule has 1 fully saturated rings. The van der Waals surface area contributed by atoms with E-state index in [1.165, 1.54) is 37.7 Å². The van der Waals surface area contributed by atoms with Gasteiger partial charge in [-0.2, -0.15) is 9.97 Å². The standard InChI is InChI=1S/C23H31N5O/c1-16-13-14-28(15-17-9-11-19(29-3)12-10-17)22-20(16)21(24-2)26-23(27-22)25-18-7-5-4-6-8-18/h9-12,18H,1,4-8,13-15H2,2-3H3,(H2,24,25,26,27). The molecule has 0 amide bonds. The SMILES string of the molecule is C=C1CCN(Cc2ccc(OC)cc2)c2nc(NC3CCCCC3)nc(NC)c21. The summed E-state index contributed by atoms with van der Waals surface area (Å²) in [5.74, 6) is 3.42. The molecule has 0 saturated heterocycles. The normalized spacial score (nSPS) is 17.0. The molecular formula is C23H31N5O. The zero-order valence-corrected chi connectivity index (χ0v) is 17.5. The number of hydrogen-bond acceptors (Lipinski definition) is 6. The van der Waals surface area contributed by atoms with Gasteiger partial charge < -0.3 is 20.3 Å². The van der Waals surface area contributed by atoms with Crippen LogP contribution < -0.4 is 20.3 Å². The molecule has 2 heterocycles. The molecule has 2 aliphatic rings. The number of benzene rings is 1. The van der Waals surface area contributed by atoms with Gasteiger partial charge in [0.05, 0.1) is 12.7 Å². The van der Waals surface area contributed by atoms with E-state index in [2.05, 4.69) is 34.2 Å². The van der Waals surface area contributed by atoms with Crippen molar-refractivity contribution in [1.82, 2.24) is 9.97 Å². The smallest absolute Gasteiger partial charge is 0.226 e. The zero-order valence-electron chi connectivity index (χ0n) is 17.5. The molecule has 0 atom stereocenters. The van der Waals surface area contributed by atoms with Crippen LogP contribution in [0, 0.1) is 0 Å². The van der Waals surface area contributed by atoms with Crippen LogP contribution in [0.5, 0.6) is 5.75 Å². The highest BCUT2D eigenvalue weighted by atomic mass is 16.5. The Balaban J connectivity index is 1.63. The highest BCUT2D eigenvalue weighted by Gasteiger charge is 2.26. The molecule has 4 rings (SSSR count). The van der Waals surface area contributed by atoms with Gasteiger partial charge >= 0.3 is 0 Å². The molecule has 6 heteroatoms. The van der Waals surface area contributed by atoms with Gasteiger partial charge in [0.25, 0.3) is 0 Å². The molecule has 0 unspecified atom stereocenters. The van der Waals surface area contributed by atoms with E-state index in [1.807, 2.05) is 19.2 Å². The van der Waals surface area contributed by atoms with Crippen molar-refractivity contribution in [1.29, 1.82) is 0 Å². The molecule has 0 bridgehead atoms. The third-order valence-corrected chi connectivity index (χ3v) is 5.93. The molecular weight excluding hydrogens is 362 g/mol. The molecule has 1 aromatic heterocycles. The number of hydrogen-bond donors (Lipinski definition) is 2. The second-order valence-corrected chi connectivity index (χ2v) is 7.95. The highest BCUT2D eigenvalue weighted by Crippen LogP contribution is 2.38. The summed E-state index contributed by atoms with van der Waals surface area (Å²) in [5.41, 5.74) is 3.37. The lowest BCUT2D eigenvalue weighted by molar-refractivity contribution is 0.414. The second-order valence-electron chi connectivity index (χ2n) is 7.95. The van der Waals surface area contributed by atoms with E-state index in [0.29, 0.717) is 6.04 Å². The number of ether oxygens (including phenoxy) is 1. The van der Waals surface area contributed by atoms with Crippen molar-refractivity contribution in [3.05, 3.63) is 42.0 Å². The first-order valence-corrected chi connectivity index (χ1v) is 10.6. The lowest BCUT2D eigenvalue weighted by Gasteiger charge is -2.33. The van der Waals surface area contributed by atoms with Gasteiger partial charge in [0.2, 0.25) is 5.95 Å². The van der Waals surface area contributed by atoms with E-state index in [-0.39, 0.29) is 0 Å². The topological polar surface area (TPSA) is 62.3 Å². The Morgan fingerprint density at radius 2 is 1.90 bits per heavy atom. The van der Waals surface area contributed by atoms with Crippen LogP contribution in [0.25, 0.3) is 5.57 Å². The number of rotatable bonds is 6. The van der Waals surface area contributed by atoms with Crippen LogP contribution in [0.1, 0.15) is 49.7 Å². The monoisotopic (exact) mass is 393 g/mol. The van der Waals surface area contributed by atoms with Crippen molar-refractivity contribution in [3.8, 4) is 5.75 Å². The molecule has 0 radical (unpaired) electrons. The van der Waals surface area contributed by atoms with Crippen LogP contribution in [-0.4, -0.2) is 36.7 Å². The molecule has 29 heavy (non-hydrogen) atoms. The average molecular weight is 394 g/mol. The van der Waals surface area contributed by atoms with E-state index in [0.717, 1.165) is 54.0 Å².